The predicted molar refractivity (Wildman–Crippen MR) is 73.0 cm³/mol. The highest BCUT2D eigenvalue weighted by Gasteiger charge is 2.51. The summed E-state index contributed by atoms with van der Waals surface area (Å²) in [5.74, 6) is 0.181. The molecular formula is C14H12ClN3O. The molecule has 0 aliphatic heterocycles. The van der Waals surface area contributed by atoms with E-state index in [-0.39, 0.29) is 11.9 Å². The van der Waals surface area contributed by atoms with Crippen LogP contribution in [0.25, 0.3) is 0 Å². The molecule has 0 radical (unpaired) electrons. The number of aromatic nitrogens is 2. The molecule has 3 rings (SSSR count). The van der Waals surface area contributed by atoms with E-state index < -0.39 is 5.41 Å². The molecule has 1 saturated carbocycles. The molecule has 0 spiro atoms. The Morgan fingerprint density at radius 1 is 1.21 bits per heavy atom. The van der Waals surface area contributed by atoms with Gasteiger partial charge in [0.2, 0.25) is 11.9 Å². The van der Waals surface area contributed by atoms with Gasteiger partial charge in [0.15, 0.2) is 0 Å². The van der Waals surface area contributed by atoms with Crippen LogP contribution in [0.3, 0.4) is 0 Å². The van der Waals surface area contributed by atoms with Crippen LogP contribution < -0.4 is 5.32 Å². The van der Waals surface area contributed by atoms with Gasteiger partial charge in [0.25, 0.3) is 0 Å². The van der Waals surface area contributed by atoms with Crippen molar-refractivity contribution in [2.24, 2.45) is 0 Å². The molecule has 1 amide bonds. The molecule has 0 bridgehead atoms. The molecule has 4 nitrogen and oxygen atoms in total. The summed E-state index contributed by atoms with van der Waals surface area (Å²) in [6.07, 6.45) is 3.22. The Morgan fingerprint density at radius 2 is 1.95 bits per heavy atom. The molecule has 0 saturated heterocycles. The molecule has 5 heteroatoms. The molecule has 96 valence electrons. The van der Waals surface area contributed by atoms with E-state index in [1.807, 2.05) is 30.3 Å². The van der Waals surface area contributed by atoms with E-state index in [9.17, 15) is 4.79 Å². The predicted octanol–water partition coefficient (Wildman–Crippen LogP) is 2.80. The third kappa shape index (κ3) is 2.31. The van der Waals surface area contributed by atoms with Crippen molar-refractivity contribution in [1.29, 1.82) is 0 Å². The van der Waals surface area contributed by atoms with Crippen LogP contribution >= 0.6 is 11.6 Å². The fraction of sp³-hybridized carbons (Fsp3) is 0.214. The summed E-state index contributed by atoms with van der Waals surface area (Å²) in [6.45, 7) is 0. The number of nitrogens with one attached hydrogen (secondary N) is 1. The number of hydrogen-bond donors (Lipinski definition) is 1. The maximum Gasteiger partial charge on any atom is 0.237 e. The molecule has 1 fully saturated rings. The summed E-state index contributed by atoms with van der Waals surface area (Å²) >= 11 is 5.77. The monoisotopic (exact) mass is 273 g/mol. The van der Waals surface area contributed by atoms with E-state index >= 15 is 0 Å². The number of anilines is 1. The van der Waals surface area contributed by atoms with Crippen LogP contribution in [-0.4, -0.2) is 15.9 Å². The van der Waals surface area contributed by atoms with Crippen molar-refractivity contribution in [2.75, 3.05) is 5.32 Å². The minimum atomic E-state index is -0.424. The minimum absolute atomic E-state index is 0.0685. The molecule has 1 aromatic carbocycles. The zero-order valence-corrected chi connectivity index (χ0v) is 10.9. The van der Waals surface area contributed by atoms with Crippen molar-refractivity contribution < 1.29 is 4.79 Å². The highest BCUT2D eigenvalue weighted by molar-refractivity contribution is 6.29. The Labute approximate surface area is 115 Å². The number of carbonyl (C=O) groups is 1. The molecule has 2 aromatic rings. The van der Waals surface area contributed by atoms with E-state index in [1.54, 1.807) is 6.07 Å². The van der Waals surface area contributed by atoms with E-state index in [4.69, 9.17) is 11.6 Å². The van der Waals surface area contributed by atoms with Crippen molar-refractivity contribution in [3.05, 3.63) is 53.3 Å². The van der Waals surface area contributed by atoms with Gasteiger partial charge in [0, 0.05) is 6.20 Å². The second-order valence-electron chi connectivity index (χ2n) is 4.61. The molecule has 1 N–H and O–H groups in total. The molecular weight excluding hydrogens is 262 g/mol. The summed E-state index contributed by atoms with van der Waals surface area (Å²) < 4.78 is 0. The summed E-state index contributed by atoms with van der Waals surface area (Å²) in [5.41, 5.74) is 0.613. The molecule has 0 unspecified atom stereocenters. The topological polar surface area (TPSA) is 54.9 Å². The van der Waals surface area contributed by atoms with Crippen LogP contribution in [-0.2, 0) is 10.2 Å². The lowest BCUT2D eigenvalue weighted by Crippen LogP contribution is -2.28. The molecule has 1 heterocycles. The molecule has 1 aromatic heterocycles. The van der Waals surface area contributed by atoms with Crippen molar-refractivity contribution in [3.8, 4) is 0 Å². The van der Waals surface area contributed by atoms with Crippen LogP contribution in [0.1, 0.15) is 18.4 Å². The second kappa shape index (κ2) is 4.63. The van der Waals surface area contributed by atoms with Crippen LogP contribution in [0.2, 0.25) is 5.15 Å². The maximum atomic E-state index is 12.4. The SMILES string of the molecule is O=C(Nc1nccc(Cl)n1)C1(c2ccccc2)CC1. The Morgan fingerprint density at radius 3 is 2.58 bits per heavy atom. The standard InChI is InChI=1S/C14H12ClN3O/c15-11-6-9-16-13(17-11)18-12(19)14(7-8-14)10-4-2-1-3-5-10/h1-6,9H,7-8H2,(H,16,17,18,19). The van der Waals surface area contributed by atoms with Gasteiger partial charge >= 0.3 is 0 Å². The fourth-order valence-electron chi connectivity index (χ4n) is 2.15. The van der Waals surface area contributed by atoms with Crippen molar-refractivity contribution in [1.82, 2.24) is 9.97 Å². The van der Waals surface area contributed by atoms with Gasteiger partial charge in [-0.2, -0.15) is 0 Å². The number of amides is 1. The van der Waals surface area contributed by atoms with E-state index in [1.165, 1.54) is 6.20 Å². The first kappa shape index (κ1) is 12.1. The lowest BCUT2D eigenvalue weighted by Gasteiger charge is -2.14. The van der Waals surface area contributed by atoms with E-state index in [2.05, 4.69) is 15.3 Å². The van der Waals surface area contributed by atoms with Gasteiger partial charge in [-0.3, -0.25) is 10.1 Å². The average molecular weight is 274 g/mol. The lowest BCUT2D eigenvalue weighted by molar-refractivity contribution is -0.118. The maximum absolute atomic E-state index is 12.4. The summed E-state index contributed by atoms with van der Waals surface area (Å²) in [4.78, 5) is 20.3. The van der Waals surface area contributed by atoms with Crippen LogP contribution in [0.15, 0.2) is 42.6 Å². The van der Waals surface area contributed by atoms with Crippen molar-refractivity contribution in [2.45, 2.75) is 18.3 Å². The second-order valence-corrected chi connectivity index (χ2v) is 4.99. The zero-order valence-electron chi connectivity index (χ0n) is 10.1. The molecule has 1 aliphatic carbocycles. The van der Waals surface area contributed by atoms with Crippen LogP contribution in [0.5, 0.6) is 0 Å². The Hall–Kier alpha value is -1.94. The molecule has 19 heavy (non-hydrogen) atoms. The first-order valence-electron chi connectivity index (χ1n) is 6.06. The molecule has 0 atom stereocenters. The first-order chi connectivity index (χ1) is 9.21. The number of carbonyl (C=O) groups excluding carboxylic acids is 1. The zero-order chi connectivity index (χ0) is 13.3. The highest BCUT2D eigenvalue weighted by Crippen LogP contribution is 2.48. The largest absolute Gasteiger partial charge is 0.294 e. The van der Waals surface area contributed by atoms with Gasteiger partial charge in [-0.05, 0) is 24.5 Å². The van der Waals surface area contributed by atoms with Crippen LogP contribution in [0, 0.1) is 0 Å². The van der Waals surface area contributed by atoms with Gasteiger partial charge in [-0.1, -0.05) is 41.9 Å². The highest BCUT2D eigenvalue weighted by atomic mass is 35.5. The third-order valence-electron chi connectivity index (χ3n) is 3.36. The van der Waals surface area contributed by atoms with Crippen molar-refractivity contribution in [3.63, 3.8) is 0 Å². The van der Waals surface area contributed by atoms with E-state index in [0.717, 1.165) is 18.4 Å². The van der Waals surface area contributed by atoms with Gasteiger partial charge in [0.05, 0.1) is 5.41 Å². The smallest absolute Gasteiger partial charge is 0.237 e. The third-order valence-corrected chi connectivity index (χ3v) is 3.57. The number of rotatable bonds is 3. The van der Waals surface area contributed by atoms with Gasteiger partial charge in [0.1, 0.15) is 5.15 Å². The van der Waals surface area contributed by atoms with Crippen molar-refractivity contribution >= 4 is 23.5 Å². The summed E-state index contributed by atoms with van der Waals surface area (Å²) in [6, 6.07) is 11.4. The lowest BCUT2D eigenvalue weighted by atomic mass is 9.95. The molecule has 1 aliphatic rings. The van der Waals surface area contributed by atoms with Gasteiger partial charge < -0.3 is 0 Å². The van der Waals surface area contributed by atoms with Gasteiger partial charge in [-0.15, -0.1) is 0 Å². The quantitative estimate of drug-likeness (QED) is 0.875. The Bertz CT molecular complexity index is 611. The summed E-state index contributed by atoms with van der Waals surface area (Å²) in [7, 11) is 0. The number of hydrogen-bond acceptors (Lipinski definition) is 3. The Balaban J connectivity index is 1.82. The fourth-order valence-corrected chi connectivity index (χ4v) is 2.28. The number of halogens is 1. The number of benzene rings is 1. The first-order valence-corrected chi connectivity index (χ1v) is 6.44. The normalized spacial score (nSPS) is 15.8. The summed E-state index contributed by atoms with van der Waals surface area (Å²) in [5, 5.41) is 3.05. The number of nitrogens with zero attached hydrogens (tertiary/aromatic N) is 2. The van der Waals surface area contributed by atoms with Gasteiger partial charge in [-0.25, -0.2) is 9.97 Å². The minimum Gasteiger partial charge on any atom is -0.294 e. The average Bonchev–Trinajstić information content (AvgIpc) is 3.21. The van der Waals surface area contributed by atoms with E-state index in [0.29, 0.717) is 5.15 Å². The van der Waals surface area contributed by atoms with Crippen LogP contribution in [0.4, 0.5) is 5.95 Å². The Kier molecular flexibility index (Phi) is 2.95.